The summed E-state index contributed by atoms with van der Waals surface area (Å²) in [5.41, 5.74) is 7.60. The molecule has 1 saturated carbocycles. The zero-order chi connectivity index (χ0) is 10.6. The van der Waals surface area contributed by atoms with Crippen LogP contribution in [0.15, 0.2) is 10.7 Å². The SMILES string of the molecule is Cn1nc(Br)cc1C1(CN)CC1(C)C. The Bertz CT molecular complexity index is 369. The first kappa shape index (κ1) is 10.2. The molecule has 2 rings (SSSR count). The van der Waals surface area contributed by atoms with Gasteiger partial charge in [0.25, 0.3) is 0 Å². The van der Waals surface area contributed by atoms with Crippen molar-refractivity contribution in [2.45, 2.75) is 25.7 Å². The molecule has 0 spiro atoms. The van der Waals surface area contributed by atoms with Gasteiger partial charge in [0.2, 0.25) is 0 Å². The molecule has 0 saturated heterocycles. The summed E-state index contributed by atoms with van der Waals surface area (Å²) in [5, 5.41) is 4.31. The highest BCUT2D eigenvalue weighted by molar-refractivity contribution is 9.10. The largest absolute Gasteiger partial charge is 0.330 e. The van der Waals surface area contributed by atoms with Crippen molar-refractivity contribution in [1.82, 2.24) is 9.78 Å². The topological polar surface area (TPSA) is 43.8 Å². The van der Waals surface area contributed by atoms with Crippen LogP contribution in [-0.4, -0.2) is 16.3 Å². The fourth-order valence-corrected chi connectivity index (χ4v) is 2.94. The first-order valence-corrected chi connectivity index (χ1v) is 5.62. The normalized spacial score (nSPS) is 29.2. The lowest BCUT2D eigenvalue weighted by molar-refractivity contribution is 0.472. The molecule has 78 valence electrons. The molecule has 0 bridgehead atoms. The summed E-state index contributed by atoms with van der Waals surface area (Å²) in [5.74, 6) is 0. The minimum atomic E-state index is 0.140. The fourth-order valence-electron chi connectivity index (χ4n) is 2.48. The Hall–Kier alpha value is -0.350. The van der Waals surface area contributed by atoms with Gasteiger partial charge in [-0.3, -0.25) is 4.68 Å². The third-order valence-corrected chi connectivity index (χ3v) is 3.99. The van der Waals surface area contributed by atoms with Crippen LogP contribution < -0.4 is 5.73 Å². The van der Waals surface area contributed by atoms with Crippen molar-refractivity contribution < 1.29 is 0 Å². The Kier molecular flexibility index (Phi) is 2.05. The number of nitrogens with zero attached hydrogens (tertiary/aromatic N) is 2. The van der Waals surface area contributed by atoms with E-state index in [1.807, 2.05) is 11.7 Å². The Morgan fingerprint density at radius 3 is 2.50 bits per heavy atom. The summed E-state index contributed by atoms with van der Waals surface area (Å²) in [6, 6.07) is 2.08. The Balaban J connectivity index is 2.45. The van der Waals surface area contributed by atoms with Crippen molar-refractivity contribution in [3.05, 3.63) is 16.4 Å². The summed E-state index contributed by atoms with van der Waals surface area (Å²) in [4.78, 5) is 0. The number of aryl methyl sites for hydroxylation is 1. The Labute approximate surface area is 92.8 Å². The molecular formula is C10H16BrN3. The highest BCUT2D eigenvalue weighted by atomic mass is 79.9. The van der Waals surface area contributed by atoms with E-state index in [2.05, 4.69) is 40.9 Å². The zero-order valence-electron chi connectivity index (χ0n) is 8.84. The minimum Gasteiger partial charge on any atom is -0.330 e. The molecule has 1 aromatic rings. The van der Waals surface area contributed by atoms with Gasteiger partial charge in [0.1, 0.15) is 4.60 Å². The first-order valence-electron chi connectivity index (χ1n) is 4.83. The van der Waals surface area contributed by atoms with Gasteiger partial charge >= 0.3 is 0 Å². The number of hydrogen-bond acceptors (Lipinski definition) is 2. The van der Waals surface area contributed by atoms with Crippen LogP contribution in [0, 0.1) is 5.41 Å². The minimum absolute atomic E-state index is 0.140. The second-order valence-corrected chi connectivity index (χ2v) is 5.64. The van der Waals surface area contributed by atoms with Crippen molar-refractivity contribution in [2.75, 3.05) is 6.54 Å². The molecular weight excluding hydrogens is 242 g/mol. The number of nitrogens with two attached hydrogens (primary N) is 1. The average molecular weight is 258 g/mol. The van der Waals surface area contributed by atoms with Crippen LogP contribution in [0.2, 0.25) is 0 Å². The van der Waals surface area contributed by atoms with E-state index in [9.17, 15) is 0 Å². The van der Waals surface area contributed by atoms with Crippen molar-refractivity contribution in [1.29, 1.82) is 0 Å². The van der Waals surface area contributed by atoms with E-state index in [0.717, 1.165) is 11.0 Å². The molecule has 0 radical (unpaired) electrons. The molecule has 4 heteroatoms. The molecule has 1 unspecified atom stereocenters. The summed E-state index contributed by atoms with van der Waals surface area (Å²) in [6.45, 7) is 5.23. The van der Waals surface area contributed by atoms with E-state index in [1.165, 1.54) is 5.69 Å². The second kappa shape index (κ2) is 2.83. The highest BCUT2D eigenvalue weighted by Gasteiger charge is 2.62. The molecule has 14 heavy (non-hydrogen) atoms. The predicted octanol–water partition coefficient (Wildman–Crippen LogP) is 1.81. The molecule has 0 aliphatic heterocycles. The second-order valence-electron chi connectivity index (χ2n) is 4.82. The molecule has 1 aliphatic carbocycles. The number of aromatic nitrogens is 2. The van der Waals surface area contributed by atoms with E-state index < -0.39 is 0 Å². The van der Waals surface area contributed by atoms with Crippen LogP contribution in [0.4, 0.5) is 0 Å². The van der Waals surface area contributed by atoms with Crippen LogP contribution in [0.1, 0.15) is 26.0 Å². The first-order chi connectivity index (χ1) is 6.43. The Morgan fingerprint density at radius 1 is 1.64 bits per heavy atom. The van der Waals surface area contributed by atoms with Gasteiger partial charge in [-0.25, -0.2) is 0 Å². The van der Waals surface area contributed by atoms with E-state index in [4.69, 9.17) is 5.73 Å². The van der Waals surface area contributed by atoms with Crippen molar-refractivity contribution in [3.63, 3.8) is 0 Å². The lowest BCUT2D eigenvalue weighted by Gasteiger charge is -2.18. The van der Waals surface area contributed by atoms with Gasteiger partial charge in [-0.05, 0) is 33.8 Å². The van der Waals surface area contributed by atoms with E-state index in [1.54, 1.807) is 0 Å². The molecule has 2 N–H and O–H groups in total. The maximum atomic E-state index is 5.90. The smallest absolute Gasteiger partial charge is 0.128 e. The molecule has 1 atom stereocenters. The zero-order valence-corrected chi connectivity index (χ0v) is 10.4. The summed E-state index contributed by atoms with van der Waals surface area (Å²) in [6.07, 6.45) is 1.16. The highest BCUT2D eigenvalue weighted by Crippen LogP contribution is 2.63. The lowest BCUT2D eigenvalue weighted by atomic mass is 9.92. The maximum absolute atomic E-state index is 5.90. The van der Waals surface area contributed by atoms with Crippen molar-refractivity contribution in [3.8, 4) is 0 Å². The van der Waals surface area contributed by atoms with Crippen LogP contribution in [0.5, 0.6) is 0 Å². The van der Waals surface area contributed by atoms with Crippen molar-refractivity contribution in [2.24, 2.45) is 18.2 Å². The van der Waals surface area contributed by atoms with E-state index in [0.29, 0.717) is 12.0 Å². The van der Waals surface area contributed by atoms with Gasteiger partial charge in [0.05, 0.1) is 0 Å². The predicted molar refractivity (Wildman–Crippen MR) is 60.0 cm³/mol. The molecule has 1 aliphatic rings. The molecule has 3 nitrogen and oxygen atoms in total. The van der Waals surface area contributed by atoms with Crippen LogP contribution in [0.3, 0.4) is 0 Å². The average Bonchev–Trinajstić information content (AvgIpc) is 2.48. The van der Waals surface area contributed by atoms with Gasteiger partial charge in [0, 0.05) is 24.7 Å². The molecule has 1 heterocycles. The van der Waals surface area contributed by atoms with Crippen molar-refractivity contribution >= 4 is 15.9 Å². The lowest BCUT2D eigenvalue weighted by Crippen LogP contribution is -2.27. The van der Waals surface area contributed by atoms with E-state index >= 15 is 0 Å². The van der Waals surface area contributed by atoms with Gasteiger partial charge in [0.15, 0.2) is 0 Å². The number of rotatable bonds is 2. The standard InChI is InChI=1S/C10H16BrN3/c1-9(2)5-10(9,6-12)7-4-8(11)13-14(7)3/h4H,5-6,12H2,1-3H3. The molecule has 1 fully saturated rings. The monoisotopic (exact) mass is 257 g/mol. The molecule has 0 amide bonds. The number of halogens is 1. The van der Waals surface area contributed by atoms with Crippen LogP contribution in [-0.2, 0) is 12.5 Å². The Morgan fingerprint density at radius 2 is 2.21 bits per heavy atom. The van der Waals surface area contributed by atoms with Crippen LogP contribution in [0.25, 0.3) is 0 Å². The quantitative estimate of drug-likeness (QED) is 0.879. The van der Waals surface area contributed by atoms with Gasteiger partial charge in [-0.1, -0.05) is 13.8 Å². The summed E-state index contributed by atoms with van der Waals surface area (Å²) in [7, 11) is 1.98. The maximum Gasteiger partial charge on any atom is 0.128 e. The van der Waals surface area contributed by atoms with Crippen LogP contribution >= 0.6 is 15.9 Å². The third-order valence-electron chi connectivity index (χ3n) is 3.60. The summed E-state index contributed by atoms with van der Waals surface area (Å²) >= 11 is 3.40. The van der Waals surface area contributed by atoms with Gasteiger partial charge in [-0.2, -0.15) is 5.10 Å². The summed E-state index contributed by atoms with van der Waals surface area (Å²) < 4.78 is 2.83. The number of hydrogen-bond donors (Lipinski definition) is 1. The third kappa shape index (κ3) is 1.17. The molecule has 1 aromatic heterocycles. The van der Waals surface area contributed by atoms with Gasteiger partial charge in [-0.15, -0.1) is 0 Å². The molecule has 0 aromatic carbocycles. The van der Waals surface area contributed by atoms with E-state index in [-0.39, 0.29) is 5.41 Å². The fraction of sp³-hybridized carbons (Fsp3) is 0.700. The van der Waals surface area contributed by atoms with Gasteiger partial charge < -0.3 is 5.73 Å².